The van der Waals surface area contributed by atoms with Crippen LogP contribution >= 0.6 is 0 Å². The molecule has 4 aromatic rings. The zero-order valence-corrected chi connectivity index (χ0v) is 25.4. The first-order valence-electron chi connectivity index (χ1n) is 14.8. The summed E-state index contributed by atoms with van der Waals surface area (Å²) in [4.78, 5) is 37.9. The minimum absolute atomic E-state index is 0.0799. The van der Waals surface area contributed by atoms with Crippen LogP contribution in [0.5, 0.6) is 11.5 Å². The van der Waals surface area contributed by atoms with Crippen molar-refractivity contribution in [1.82, 2.24) is 15.2 Å². The summed E-state index contributed by atoms with van der Waals surface area (Å²) in [6.07, 6.45) is 1.94. The SMILES string of the molecule is CC(C)(C)OC(=O)NC1CCC(NC(=O)c2c([N+](=O)[O-])c3ccc(C#N)cc3n2Cc2ccc(Oc3ccccc3)cc2)CC1. The Labute approximate surface area is 260 Å². The standard InChI is InChI=1S/C34H35N5O6/c1-34(2,3)45-33(41)37-25-14-12-24(13-15-25)36-32(40)31-30(39(42)43)28-18-11-23(20-35)19-29(28)38(31)21-22-9-16-27(17-10-22)44-26-7-5-4-6-8-26/h4-11,16-19,24-25H,12-15,21H2,1-3H3,(H,36,40)(H,37,41). The molecule has 45 heavy (non-hydrogen) atoms. The Morgan fingerprint density at radius 2 is 1.58 bits per heavy atom. The number of nitro groups is 1. The van der Waals surface area contributed by atoms with Gasteiger partial charge in [0.1, 0.15) is 17.1 Å². The van der Waals surface area contributed by atoms with Crippen molar-refractivity contribution in [2.75, 3.05) is 0 Å². The van der Waals surface area contributed by atoms with Crippen LogP contribution in [0.4, 0.5) is 10.5 Å². The largest absolute Gasteiger partial charge is 0.457 e. The maximum atomic E-state index is 13.8. The number of carbonyl (C=O) groups is 2. The van der Waals surface area contributed by atoms with Crippen molar-refractivity contribution >= 4 is 28.6 Å². The summed E-state index contributed by atoms with van der Waals surface area (Å²) in [6.45, 7) is 5.55. The highest BCUT2D eigenvalue weighted by molar-refractivity contribution is 6.06. The summed E-state index contributed by atoms with van der Waals surface area (Å²) < 4.78 is 12.8. The van der Waals surface area contributed by atoms with Gasteiger partial charge in [-0.3, -0.25) is 14.9 Å². The van der Waals surface area contributed by atoms with Gasteiger partial charge in [0.05, 0.1) is 27.5 Å². The third kappa shape index (κ3) is 7.59. The van der Waals surface area contributed by atoms with Crippen molar-refractivity contribution in [1.29, 1.82) is 5.26 Å². The number of fused-ring (bicyclic) bond motifs is 1. The highest BCUT2D eigenvalue weighted by atomic mass is 16.6. The lowest BCUT2D eigenvalue weighted by Crippen LogP contribution is -2.45. The fourth-order valence-electron chi connectivity index (χ4n) is 5.56. The number of carbonyl (C=O) groups excluding carboxylic acids is 2. The second-order valence-electron chi connectivity index (χ2n) is 12.1. The fraction of sp³-hybridized carbons (Fsp3) is 0.324. The third-order valence-electron chi connectivity index (χ3n) is 7.59. The van der Waals surface area contributed by atoms with Crippen molar-refractivity contribution in [3.05, 3.63) is 99.7 Å². The second-order valence-corrected chi connectivity index (χ2v) is 12.1. The molecular weight excluding hydrogens is 574 g/mol. The van der Waals surface area contributed by atoms with Crippen LogP contribution in [0.15, 0.2) is 72.8 Å². The van der Waals surface area contributed by atoms with Gasteiger partial charge in [-0.25, -0.2) is 4.79 Å². The molecule has 1 aromatic heterocycles. The Balaban J connectivity index is 1.38. The van der Waals surface area contributed by atoms with E-state index in [0.29, 0.717) is 48.3 Å². The van der Waals surface area contributed by atoms with E-state index in [2.05, 4.69) is 16.7 Å². The molecular formula is C34H35N5O6. The Kier molecular flexibility index (Phi) is 9.04. The van der Waals surface area contributed by atoms with Gasteiger partial charge in [-0.05, 0) is 94.5 Å². The lowest BCUT2D eigenvalue weighted by atomic mass is 9.91. The summed E-state index contributed by atoms with van der Waals surface area (Å²) in [7, 11) is 0. The molecule has 0 saturated heterocycles. The molecule has 2 amide bonds. The average molecular weight is 610 g/mol. The first-order valence-corrected chi connectivity index (χ1v) is 14.8. The van der Waals surface area contributed by atoms with Crippen molar-refractivity contribution < 1.29 is 24.0 Å². The van der Waals surface area contributed by atoms with Crippen molar-refractivity contribution in [2.45, 2.75) is 70.7 Å². The van der Waals surface area contributed by atoms with Crippen LogP contribution in [0.25, 0.3) is 10.9 Å². The first-order chi connectivity index (χ1) is 21.5. The summed E-state index contributed by atoms with van der Waals surface area (Å²) >= 11 is 0. The van der Waals surface area contributed by atoms with Gasteiger partial charge in [-0.2, -0.15) is 5.26 Å². The maximum absolute atomic E-state index is 13.8. The van der Waals surface area contributed by atoms with E-state index in [0.717, 1.165) is 5.56 Å². The number of aromatic nitrogens is 1. The molecule has 11 nitrogen and oxygen atoms in total. The molecule has 1 aliphatic carbocycles. The molecule has 3 aromatic carbocycles. The van der Waals surface area contributed by atoms with Crippen molar-refractivity contribution in [2.24, 2.45) is 0 Å². The van der Waals surface area contributed by atoms with Crippen LogP contribution in [0.3, 0.4) is 0 Å². The molecule has 0 bridgehead atoms. The number of ether oxygens (including phenoxy) is 2. The van der Waals surface area contributed by atoms with E-state index >= 15 is 0 Å². The number of nitrogens with zero attached hydrogens (tertiary/aromatic N) is 3. The van der Waals surface area contributed by atoms with E-state index in [-0.39, 0.29) is 35.4 Å². The monoisotopic (exact) mass is 609 g/mol. The zero-order valence-electron chi connectivity index (χ0n) is 25.4. The van der Waals surface area contributed by atoms with Gasteiger partial charge in [0.2, 0.25) is 0 Å². The lowest BCUT2D eigenvalue weighted by Gasteiger charge is -2.30. The van der Waals surface area contributed by atoms with Crippen LogP contribution < -0.4 is 15.4 Å². The molecule has 232 valence electrons. The number of para-hydroxylation sites is 1. The normalized spacial score (nSPS) is 16.4. The molecule has 1 saturated carbocycles. The van der Waals surface area contributed by atoms with Gasteiger partial charge in [0.15, 0.2) is 5.69 Å². The summed E-state index contributed by atoms with van der Waals surface area (Å²) in [5, 5.41) is 28.1. The molecule has 0 radical (unpaired) electrons. The molecule has 1 aliphatic rings. The Morgan fingerprint density at radius 1 is 0.956 bits per heavy atom. The number of alkyl carbamates (subject to hydrolysis) is 1. The number of benzene rings is 3. The van der Waals surface area contributed by atoms with E-state index in [1.807, 2.05) is 42.5 Å². The number of nitrogens with one attached hydrogen (secondary N) is 2. The van der Waals surface area contributed by atoms with E-state index in [1.54, 1.807) is 43.5 Å². The van der Waals surface area contributed by atoms with Crippen LogP contribution in [-0.2, 0) is 11.3 Å². The van der Waals surface area contributed by atoms with E-state index in [1.165, 1.54) is 12.1 Å². The fourth-order valence-corrected chi connectivity index (χ4v) is 5.56. The molecule has 2 N–H and O–H groups in total. The van der Waals surface area contributed by atoms with Gasteiger partial charge < -0.3 is 24.7 Å². The van der Waals surface area contributed by atoms with E-state index in [4.69, 9.17) is 9.47 Å². The molecule has 11 heteroatoms. The third-order valence-corrected chi connectivity index (χ3v) is 7.59. The highest BCUT2D eigenvalue weighted by Gasteiger charge is 2.33. The van der Waals surface area contributed by atoms with Gasteiger partial charge in [0, 0.05) is 18.6 Å². The Bertz CT molecular complexity index is 1740. The number of nitriles is 1. The van der Waals surface area contributed by atoms with E-state index < -0.39 is 22.5 Å². The predicted molar refractivity (Wildman–Crippen MR) is 168 cm³/mol. The predicted octanol–water partition coefficient (Wildman–Crippen LogP) is 6.83. The smallest absolute Gasteiger partial charge is 0.407 e. The summed E-state index contributed by atoms with van der Waals surface area (Å²) in [6, 6.07) is 23.0. The molecule has 1 heterocycles. The Hall–Kier alpha value is -5.37. The number of rotatable bonds is 8. The van der Waals surface area contributed by atoms with E-state index in [9.17, 15) is 25.0 Å². The summed E-state index contributed by atoms with van der Waals surface area (Å²) in [5.74, 6) is 0.744. The molecule has 0 atom stereocenters. The minimum Gasteiger partial charge on any atom is -0.457 e. The minimum atomic E-state index is -0.603. The highest BCUT2D eigenvalue weighted by Crippen LogP contribution is 2.35. The van der Waals surface area contributed by atoms with Gasteiger partial charge in [-0.1, -0.05) is 30.3 Å². The van der Waals surface area contributed by atoms with Gasteiger partial charge in [0.25, 0.3) is 5.91 Å². The maximum Gasteiger partial charge on any atom is 0.407 e. The van der Waals surface area contributed by atoms with Gasteiger partial charge in [-0.15, -0.1) is 0 Å². The van der Waals surface area contributed by atoms with Crippen LogP contribution in [0, 0.1) is 21.4 Å². The zero-order chi connectivity index (χ0) is 32.1. The molecule has 0 unspecified atom stereocenters. The van der Waals surface area contributed by atoms with Crippen molar-refractivity contribution in [3.63, 3.8) is 0 Å². The summed E-state index contributed by atoms with van der Waals surface area (Å²) in [5.41, 5.74) is 0.535. The molecule has 1 fully saturated rings. The quantitative estimate of drug-likeness (QED) is 0.164. The van der Waals surface area contributed by atoms with Crippen molar-refractivity contribution in [3.8, 4) is 17.6 Å². The molecule has 0 aliphatic heterocycles. The first kappa shape index (κ1) is 31.1. The Morgan fingerprint density at radius 3 is 2.18 bits per heavy atom. The topological polar surface area (TPSA) is 149 Å². The van der Waals surface area contributed by atoms with Crippen LogP contribution in [-0.4, -0.2) is 39.2 Å². The molecule has 5 rings (SSSR count). The average Bonchev–Trinajstić information content (AvgIpc) is 3.32. The van der Waals surface area contributed by atoms with Gasteiger partial charge >= 0.3 is 11.8 Å². The number of hydrogen-bond acceptors (Lipinski definition) is 7. The number of amides is 2. The lowest BCUT2D eigenvalue weighted by molar-refractivity contribution is -0.383. The number of hydrogen-bond donors (Lipinski definition) is 2. The van der Waals surface area contributed by atoms with Crippen LogP contribution in [0.2, 0.25) is 0 Å². The van der Waals surface area contributed by atoms with Crippen LogP contribution in [0.1, 0.15) is 68.1 Å². The molecule has 0 spiro atoms. The second kappa shape index (κ2) is 13.1.